The molecule has 1 aliphatic rings. The van der Waals surface area contributed by atoms with Gasteiger partial charge in [-0.15, -0.1) is 0 Å². The smallest absolute Gasteiger partial charge is 0.220 e. The third kappa shape index (κ3) is 7.16. The van der Waals surface area contributed by atoms with Crippen molar-refractivity contribution in [2.75, 3.05) is 58.4 Å². The van der Waals surface area contributed by atoms with Crippen molar-refractivity contribution in [3.8, 4) is 11.5 Å². The van der Waals surface area contributed by atoms with Gasteiger partial charge in [0.1, 0.15) is 0 Å². The molecule has 0 aliphatic carbocycles. The molecule has 0 atom stereocenters. The zero-order chi connectivity index (χ0) is 22.8. The maximum absolute atomic E-state index is 12.2. The van der Waals surface area contributed by atoms with Gasteiger partial charge in [0, 0.05) is 44.8 Å². The fourth-order valence-electron chi connectivity index (χ4n) is 4.12. The van der Waals surface area contributed by atoms with E-state index in [1.165, 1.54) is 11.3 Å². The Balaban J connectivity index is 1.26. The maximum Gasteiger partial charge on any atom is 0.220 e. The average Bonchev–Trinajstić information content (AvgIpc) is 2.82. The summed E-state index contributed by atoms with van der Waals surface area (Å²) >= 11 is 0. The Morgan fingerprint density at radius 1 is 0.969 bits per heavy atom. The van der Waals surface area contributed by atoms with E-state index in [2.05, 4.69) is 46.3 Å². The molecule has 6 heteroatoms. The number of carbonyl (C=O) groups excluding carboxylic acids is 1. The monoisotopic (exact) mass is 439 g/mol. The second-order valence-electron chi connectivity index (χ2n) is 8.41. The van der Waals surface area contributed by atoms with Crippen LogP contribution in [-0.4, -0.2) is 64.3 Å². The minimum Gasteiger partial charge on any atom is -0.493 e. The Hall–Kier alpha value is -2.73. The Kier molecular flexibility index (Phi) is 9.23. The van der Waals surface area contributed by atoms with Crippen LogP contribution in [-0.2, 0) is 11.2 Å². The van der Waals surface area contributed by atoms with Crippen LogP contribution in [0.4, 0.5) is 5.69 Å². The van der Waals surface area contributed by atoms with Crippen molar-refractivity contribution < 1.29 is 14.3 Å². The van der Waals surface area contributed by atoms with Gasteiger partial charge >= 0.3 is 0 Å². The lowest BCUT2D eigenvalue weighted by molar-refractivity contribution is -0.121. The van der Waals surface area contributed by atoms with E-state index in [1.54, 1.807) is 14.2 Å². The van der Waals surface area contributed by atoms with E-state index in [4.69, 9.17) is 9.47 Å². The Bertz CT molecular complexity index is 863. The highest BCUT2D eigenvalue weighted by atomic mass is 16.5. The lowest BCUT2D eigenvalue weighted by atomic mass is 10.1. The standard InChI is InChI=1S/C26H37N3O3/c1-21-7-6-8-23(19-21)29-17-15-28(16-18-29)14-5-4-13-27-26(30)12-10-22-9-11-24(31-2)25(20-22)32-3/h6-9,11,19-20H,4-5,10,12-18H2,1-3H3,(H,27,30). The topological polar surface area (TPSA) is 54.0 Å². The third-order valence-corrected chi connectivity index (χ3v) is 6.05. The molecule has 0 saturated carbocycles. The van der Waals surface area contributed by atoms with Gasteiger partial charge < -0.3 is 19.7 Å². The van der Waals surface area contributed by atoms with E-state index in [1.807, 2.05) is 18.2 Å². The summed E-state index contributed by atoms with van der Waals surface area (Å²) < 4.78 is 10.6. The lowest BCUT2D eigenvalue weighted by Crippen LogP contribution is -2.46. The van der Waals surface area contributed by atoms with E-state index in [0.717, 1.165) is 57.7 Å². The van der Waals surface area contributed by atoms with Gasteiger partial charge in [0.2, 0.25) is 5.91 Å². The van der Waals surface area contributed by atoms with Crippen molar-refractivity contribution in [2.24, 2.45) is 0 Å². The summed E-state index contributed by atoms with van der Waals surface area (Å²) in [5, 5.41) is 3.05. The molecule has 0 unspecified atom stereocenters. The summed E-state index contributed by atoms with van der Waals surface area (Å²) in [6, 6.07) is 14.6. The second-order valence-corrected chi connectivity index (χ2v) is 8.41. The molecule has 174 valence electrons. The van der Waals surface area contributed by atoms with Crippen LogP contribution < -0.4 is 19.7 Å². The summed E-state index contributed by atoms with van der Waals surface area (Å²) in [5.41, 5.74) is 3.72. The van der Waals surface area contributed by atoms with Crippen molar-refractivity contribution in [1.29, 1.82) is 0 Å². The van der Waals surface area contributed by atoms with Gasteiger partial charge in [-0.05, 0) is 68.1 Å². The van der Waals surface area contributed by atoms with Gasteiger partial charge in [-0.1, -0.05) is 18.2 Å². The molecule has 1 aliphatic heterocycles. The number of hydrogen-bond donors (Lipinski definition) is 1. The summed E-state index contributed by atoms with van der Waals surface area (Å²) in [6.45, 7) is 8.36. The van der Waals surface area contributed by atoms with Crippen molar-refractivity contribution in [2.45, 2.75) is 32.6 Å². The summed E-state index contributed by atoms with van der Waals surface area (Å²) in [4.78, 5) is 17.2. The van der Waals surface area contributed by atoms with Crippen LogP contribution in [0.5, 0.6) is 11.5 Å². The minimum atomic E-state index is 0.103. The molecular weight excluding hydrogens is 402 g/mol. The Labute approximate surface area is 192 Å². The number of hydrogen-bond acceptors (Lipinski definition) is 5. The van der Waals surface area contributed by atoms with E-state index < -0.39 is 0 Å². The molecule has 1 N–H and O–H groups in total. The number of rotatable bonds is 11. The quantitative estimate of drug-likeness (QED) is 0.542. The van der Waals surface area contributed by atoms with Crippen molar-refractivity contribution >= 4 is 11.6 Å². The molecule has 0 spiro atoms. The van der Waals surface area contributed by atoms with E-state index in [0.29, 0.717) is 24.3 Å². The number of aryl methyl sites for hydroxylation is 2. The normalized spacial score (nSPS) is 14.3. The van der Waals surface area contributed by atoms with E-state index in [9.17, 15) is 4.79 Å². The number of amides is 1. The highest BCUT2D eigenvalue weighted by Gasteiger charge is 2.16. The molecule has 0 aromatic heterocycles. The highest BCUT2D eigenvalue weighted by Crippen LogP contribution is 2.28. The van der Waals surface area contributed by atoms with Gasteiger partial charge in [-0.2, -0.15) is 0 Å². The molecular formula is C26H37N3O3. The number of carbonyl (C=O) groups is 1. The first-order valence-electron chi connectivity index (χ1n) is 11.6. The maximum atomic E-state index is 12.2. The molecule has 1 heterocycles. The lowest BCUT2D eigenvalue weighted by Gasteiger charge is -2.36. The van der Waals surface area contributed by atoms with Gasteiger partial charge in [0.15, 0.2) is 11.5 Å². The number of nitrogens with one attached hydrogen (secondary N) is 1. The van der Waals surface area contributed by atoms with Crippen LogP contribution in [0.15, 0.2) is 42.5 Å². The minimum absolute atomic E-state index is 0.103. The molecule has 32 heavy (non-hydrogen) atoms. The number of benzene rings is 2. The molecule has 6 nitrogen and oxygen atoms in total. The number of methoxy groups -OCH3 is 2. The Morgan fingerprint density at radius 2 is 1.75 bits per heavy atom. The van der Waals surface area contributed by atoms with E-state index >= 15 is 0 Å². The molecule has 1 amide bonds. The number of piperazine rings is 1. The van der Waals surface area contributed by atoms with Crippen molar-refractivity contribution in [1.82, 2.24) is 10.2 Å². The zero-order valence-electron chi connectivity index (χ0n) is 19.7. The molecule has 0 radical (unpaired) electrons. The fraction of sp³-hybridized carbons (Fsp3) is 0.500. The SMILES string of the molecule is COc1ccc(CCC(=O)NCCCCN2CCN(c3cccc(C)c3)CC2)cc1OC. The number of anilines is 1. The molecule has 2 aromatic carbocycles. The average molecular weight is 440 g/mol. The van der Waals surface area contributed by atoms with Crippen molar-refractivity contribution in [3.63, 3.8) is 0 Å². The first kappa shape index (κ1) is 23.9. The van der Waals surface area contributed by atoms with Crippen LogP contribution in [0.25, 0.3) is 0 Å². The molecule has 1 fully saturated rings. The predicted molar refractivity (Wildman–Crippen MR) is 130 cm³/mol. The molecule has 2 aromatic rings. The Morgan fingerprint density at radius 3 is 2.47 bits per heavy atom. The van der Waals surface area contributed by atoms with Gasteiger partial charge in [-0.25, -0.2) is 0 Å². The van der Waals surface area contributed by atoms with Crippen LogP contribution in [0, 0.1) is 6.92 Å². The largest absolute Gasteiger partial charge is 0.493 e. The molecule has 3 rings (SSSR count). The summed E-state index contributed by atoms with van der Waals surface area (Å²) in [7, 11) is 3.24. The molecule has 1 saturated heterocycles. The predicted octanol–water partition coefficient (Wildman–Crippen LogP) is 3.66. The first-order valence-corrected chi connectivity index (χ1v) is 11.6. The first-order chi connectivity index (χ1) is 15.6. The van der Waals surface area contributed by atoms with Crippen LogP contribution in [0.1, 0.15) is 30.4 Å². The van der Waals surface area contributed by atoms with E-state index in [-0.39, 0.29) is 5.91 Å². The number of nitrogens with zero attached hydrogens (tertiary/aromatic N) is 2. The number of ether oxygens (including phenoxy) is 2. The molecule has 0 bridgehead atoms. The van der Waals surface area contributed by atoms with Gasteiger partial charge in [0.05, 0.1) is 14.2 Å². The van der Waals surface area contributed by atoms with Gasteiger partial charge in [-0.3, -0.25) is 9.69 Å². The summed E-state index contributed by atoms with van der Waals surface area (Å²) in [6.07, 6.45) is 3.30. The number of unbranched alkanes of at least 4 members (excludes halogenated alkanes) is 1. The zero-order valence-corrected chi connectivity index (χ0v) is 19.7. The van der Waals surface area contributed by atoms with Gasteiger partial charge in [0.25, 0.3) is 0 Å². The second kappa shape index (κ2) is 12.3. The third-order valence-electron chi connectivity index (χ3n) is 6.05. The van der Waals surface area contributed by atoms with Crippen LogP contribution in [0.2, 0.25) is 0 Å². The van der Waals surface area contributed by atoms with Crippen LogP contribution in [0.3, 0.4) is 0 Å². The fourth-order valence-corrected chi connectivity index (χ4v) is 4.12. The highest BCUT2D eigenvalue weighted by molar-refractivity contribution is 5.76. The van der Waals surface area contributed by atoms with Crippen molar-refractivity contribution in [3.05, 3.63) is 53.6 Å². The summed E-state index contributed by atoms with van der Waals surface area (Å²) in [5.74, 6) is 1.51. The van der Waals surface area contributed by atoms with Crippen LogP contribution >= 0.6 is 0 Å².